The lowest BCUT2D eigenvalue weighted by Crippen LogP contribution is -2.25. The Morgan fingerprint density at radius 1 is 1.16 bits per heavy atom. The van der Waals surface area contributed by atoms with E-state index in [-0.39, 0.29) is 5.56 Å². The zero-order valence-corrected chi connectivity index (χ0v) is 12.1. The lowest BCUT2D eigenvalue weighted by molar-refractivity contribution is -0.0748. The number of hydrogen-bond acceptors (Lipinski definition) is 4. The molecule has 106 valence electrons. The van der Waals surface area contributed by atoms with Gasteiger partial charge in [-0.25, -0.2) is 0 Å². The zero-order valence-electron chi connectivity index (χ0n) is 10.1. The summed E-state index contributed by atoms with van der Waals surface area (Å²) in [5, 5.41) is 10.2. The molecular formula is C11H16O6P2. The van der Waals surface area contributed by atoms with E-state index in [0.29, 0.717) is 6.42 Å². The number of benzene rings is 1. The molecule has 0 amide bonds. The van der Waals surface area contributed by atoms with Gasteiger partial charge < -0.3 is 14.9 Å². The minimum absolute atomic E-state index is 0.128. The first-order valence-electron chi connectivity index (χ1n) is 5.94. The lowest BCUT2D eigenvalue weighted by Gasteiger charge is -2.29. The van der Waals surface area contributed by atoms with Gasteiger partial charge in [0.2, 0.25) is 0 Å². The molecule has 0 radical (unpaired) electrons. The summed E-state index contributed by atoms with van der Waals surface area (Å²) in [5.41, 5.74) is -0.736. The van der Waals surface area contributed by atoms with E-state index in [0.717, 1.165) is 30.4 Å². The first kappa shape index (κ1) is 14.9. The molecule has 6 nitrogen and oxygen atoms in total. The number of fused-ring (bicyclic) bond motifs is 1. The van der Waals surface area contributed by atoms with Crippen molar-refractivity contribution in [3.8, 4) is 0 Å². The fraction of sp³-hybridized carbons (Fsp3) is 0.455. The fourth-order valence-corrected chi connectivity index (χ4v) is 3.88. The van der Waals surface area contributed by atoms with Crippen LogP contribution in [0.4, 0.5) is 0 Å². The molecule has 0 saturated heterocycles. The summed E-state index contributed by atoms with van der Waals surface area (Å²) >= 11 is 0. The molecule has 19 heavy (non-hydrogen) atoms. The maximum atomic E-state index is 11.4. The standard InChI is InChI=1S/C11H16O6P2/c12-11(18(13)14,17-19(15)16)10-7-3-5-8-4-1-2-6-9(8)10/h3,5,7,12,18-19H,1-2,4,6H2,(H,13,14)(H,15,16). The van der Waals surface area contributed by atoms with Crippen LogP contribution in [0.5, 0.6) is 0 Å². The van der Waals surface area contributed by atoms with E-state index in [4.69, 9.17) is 4.89 Å². The highest BCUT2D eigenvalue weighted by Gasteiger charge is 2.41. The van der Waals surface area contributed by atoms with Gasteiger partial charge in [0.25, 0.3) is 13.6 Å². The van der Waals surface area contributed by atoms with Crippen molar-refractivity contribution in [3.63, 3.8) is 0 Å². The molecule has 0 aromatic heterocycles. The zero-order chi connectivity index (χ0) is 14.0. The summed E-state index contributed by atoms with van der Waals surface area (Å²) < 4.78 is 26.7. The first-order chi connectivity index (χ1) is 8.95. The van der Waals surface area contributed by atoms with Crippen LogP contribution in [0.2, 0.25) is 0 Å². The van der Waals surface area contributed by atoms with E-state index < -0.39 is 21.8 Å². The predicted molar refractivity (Wildman–Crippen MR) is 70.5 cm³/mol. The highest BCUT2D eigenvalue weighted by Crippen LogP contribution is 2.50. The third-order valence-corrected chi connectivity index (χ3v) is 4.91. The van der Waals surface area contributed by atoms with Crippen molar-refractivity contribution >= 4 is 16.3 Å². The Morgan fingerprint density at radius 3 is 2.47 bits per heavy atom. The Hall–Kier alpha value is -0.480. The molecule has 3 unspecified atom stereocenters. The minimum atomic E-state index is -3.60. The van der Waals surface area contributed by atoms with E-state index in [1.807, 2.05) is 6.07 Å². The van der Waals surface area contributed by atoms with Crippen molar-refractivity contribution in [2.45, 2.75) is 31.2 Å². The van der Waals surface area contributed by atoms with Crippen molar-refractivity contribution < 1.29 is 28.5 Å². The van der Waals surface area contributed by atoms with Gasteiger partial charge in [-0.15, -0.1) is 0 Å². The fourth-order valence-electron chi connectivity index (χ4n) is 2.44. The van der Waals surface area contributed by atoms with Crippen LogP contribution in [0.25, 0.3) is 0 Å². The molecule has 1 aliphatic rings. The van der Waals surface area contributed by atoms with Gasteiger partial charge in [0.05, 0.1) is 0 Å². The summed E-state index contributed by atoms with van der Waals surface area (Å²) in [5.74, 6) is 0. The average Bonchev–Trinajstić information content (AvgIpc) is 2.37. The van der Waals surface area contributed by atoms with E-state index in [9.17, 15) is 19.1 Å². The smallest absolute Gasteiger partial charge is 0.319 e. The van der Waals surface area contributed by atoms with Crippen LogP contribution in [0, 0.1) is 0 Å². The molecule has 1 aliphatic carbocycles. The maximum absolute atomic E-state index is 11.4. The minimum Gasteiger partial charge on any atom is -0.354 e. The van der Waals surface area contributed by atoms with Gasteiger partial charge >= 0.3 is 8.25 Å². The second kappa shape index (κ2) is 5.88. The lowest BCUT2D eigenvalue weighted by atomic mass is 9.88. The predicted octanol–water partition coefficient (Wildman–Crippen LogP) is 1.53. The van der Waals surface area contributed by atoms with Gasteiger partial charge in [-0.1, -0.05) is 18.2 Å². The Bertz CT molecular complexity index is 532. The highest BCUT2D eigenvalue weighted by molar-refractivity contribution is 7.40. The van der Waals surface area contributed by atoms with Gasteiger partial charge in [0.1, 0.15) is 0 Å². The van der Waals surface area contributed by atoms with Gasteiger partial charge in [-0.05, 0) is 36.8 Å². The van der Waals surface area contributed by atoms with E-state index in [1.165, 1.54) is 6.07 Å². The molecule has 2 rings (SSSR count). The summed E-state index contributed by atoms with van der Waals surface area (Å²) in [6, 6.07) is 5.00. The summed E-state index contributed by atoms with van der Waals surface area (Å²) in [6.45, 7) is 0. The molecule has 8 heteroatoms. The SMILES string of the molecule is O=[PH](O)OC(O)(c1cccc2c1CCCC2)[PH](=O)O. The highest BCUT2D eigenvalue weighted by atomic mass is 31.1. The molecule has 0 saturated carbocycles. The molecule has 0 fully saturated rings. The molecule has 0 spiro atoms. The van der Waals surface area contributed by atoms with Crippen molar-refractivity contribution in [3.05, 3.63) is 34.9 Å². The first-order valence-corrected chi connectivity index (χ1v) is 8.56. The van der Waals surface area contributed by atoms with Crippen molar-refractivity contribution in [1.29, 1.82) is 0 Å². The molecule has 0 aliphatic heterocycles. The van der Waals surface area contributed by atoms with Crippen molar-refractivity contribution in [2.75, 3.05) is 0 Å². The average molecular weight is 306 g/mol. The van der Waals surface area contributed by atoms with Gasteiger partial charge in [0, 0.05) is 5.56 Å². The summed E-state index contributed by atoms with van der Waals surface area (Å²) in [4.78, 5) is 18.1. The van der Waals surface area contributed by atoms with Gasteiger partial charge in [-0.3, -0.25) is 13.7 Å². The maximum Gasteiger partial charge on any atom is 0.319 e. The Labute approximate surface area is 111 Å². The molecule has 3 atom stereocenters. The molecule has 1 aromatic carbocycles. The molecule has 0 bridgehead atoms. The number of rotatable bonds is 4. The third-order valence-electron chi connectivity index (χ3n) is 3.29. The van der Waals surface area contributed by atoms with Crippen molar-refractivity contribution in [1.82, 2.24) is 0 Å². The van der Waals surface area contributed by atoms with E-state index in [1.54, 1.807) is 6.07 Å². The van der Waals surface area contributed by atoms with Crippen molar-refractivity contribution in [2.24, 2.45) is 0 Å². The van der Waals surface area contributed by atoms with Crippen LogP contribution in [0.3, 0.4) is 0 Å². The van der Waals surface area contributed by atoms with Crippen LogP contribution in [0.1, 0.15) is 29.5 Å². The topological polar surface area (TPSA) is 104 Å². The summed E-state index contributed by atoms with van der Waals surface area (Å²) in [7, 11) is -7.15. The van der Waals surface area contributed by atoms with Crippen LogP contribution >= 0.6 is 16.3 Å². The Kier molecular flexibility index (Phi) is 4.62. The van der Waals surface area contributed by atoms with E-state index in [2.05, 4.69) is 4.52 Å². The normalized spacial score (nSPS) is 21.2. The third kappa shape index (κ3) is 3.00. The van der Waals surface area contributed by atoms with Crippen LogP contribution < -0.4 is 0 Å². The van der Waals surface area contributed by atoms with Crippen LogP contribution in [0.15, 0.2) is 18.2 Å². The Balaban J connectivity index is 2.54. The number of aliphatic hydroxyl groups is 1. The molecule has 1 aromatic rings. The largest absolute Gasteiger partial charge is 0.354 e. The monoisotopic (exact) mass is 306 g/mol. The number of hydrogen-bond donors (Lipinski definition) is 3. The second-order valence-electron chi connectivity index (χ2n) is 4.47. The summed E-state index contributed by atoms with van der Waals surface area (Å²) in [6.07, 6.45) is 3.39. The number of aryl methyl sites for hydroxylation is 1. The molecular weight excluding hydrogens is 290 g/mol. The van der Waals surface area contributed by atoms with Crippen LogP contribution in [-0.4, -0.2) is 14.9 Å². The van der Waals surface area contributed by atoms with E-state index >= 15 is 0 Å². The molecule has 3 N–H and O–H groups in total. The quantitative estimate of drug-likeness (QED) is 0.576. The van der Waals surface area contributed by atoms with Crippen LogP contribution in [-0.2, 0) is 32.0 Å². The van der Waals surface area contributed by atoms with Gasteiger partial charge in [-0.2, -0.15) is 0 Å². The second-order valence-corrected chi connectivity index (χ2v) is 6.49. The Morgan fingerprint density at radius 2 is 1.84 bits per heavy atom. The van der Waals surface area contributed by atoms with Gasteiger partial charge in [0.15, 0.2) is 0 Å². The molecule has 0 heterocycles.